The van der Waals surface area contributed by atoms with Crippen molar-refractivity contribution in [2.45, 2.75) is 6.54 Å². The van der Waals surface area contributed by atoms with Crippen LogP contribution in [0.2, 0.25) is 0 Å². The number of amides is 2. The van der Waals surface area contributed by atoms with Gasteiger partial charge in [0.1, 0.15) is 18.2 Å². The number of hydrogen-bond acceptors (Lipinski definition) is 3. The number of benzene rings is 2. The number of carbonyl (C=O) groups excluding carboxylic acids is 2. The van der Waals surface area contributed by atoms with Crippen LogP contribution >= 0.6 is 0 Å². The van der Waals surface area contributed by atoms with Gasteiger partial charge in [-0.1, -0.05) is 24.8 Å². The molecule has 0 aliphatic rings. The zero-order valence-corrected chi connectivity index (χ0v) is 12.9. The summed E-state index contributed by atoms with van der Waals surface area (Å²) in [6.07, 6.45) is 1.63. The van der Waals surface area contributed by atoms with Crippen LogP contribution in [0.3, 0.4) is 0 Å². The van der Waals surface area contributed by atoms with E-state index in [1.54, 1.807) is 30.3 Å². The van der Waals surface area contributed by atoms with Crippen molar-refractivity contribution in [2.75, 3.05) is 11.9 Å². The third-order valence-electron chi connectivity index (χ3n) is 3.05. The highest BCUT2D eigenvalue weighted by atomic mass is 19.1. The minimum Gasteiger partial charge on any atom is -0.490 e. The van der Waals surface area contributed by atoms with Crippen LogP contribution in [-0.4, -0.2) is 18.4 Å². The standard InChI is InChI=1S/C18H17FN2O3/c1-2-11-24-16-9-7-15(8-10-16)21-18(23)17(22)20-12-13-3-5-14(19)6-4-13/h2-10H,1,11-12H2,(H,20,22)(H,21,23). The number of hydrogen-bond donors (Lipinski definition) is 2. The first-order valence-corrected chi connectivity index (χ1v) is 7.26. The number of halogens is 1. The van der Waals surface area contributed by atoms with E-state index in [-0.39, 0.29) is 12.4 Å². The van der Waals surface area contributed by atoms with Crippen molar-refractivity contribution in [3.63, 3.8) is 0 Å². The van der Waals surface area contributed by atoms with Crippen molar-refractivity contribution in [3.8, 4) is 5.75 Å². The van der Waals surface area contributed by atoms with Crippen LogP contribution in [0.1, 0.15) is 5.56 Å². The van der Waals surface area contributed by atoms with Crippen LogP contribution in [0.15, 0.2) is 61.2 Å². The predicted molar refractivity (Wildman–Crippen MR) is 89.0 cm³/mol. The molecule has 124 valence electrons. The van der Waals surface area contributed by atoms with Crippen LogP contribution in [0, 0.1) is 5.82 Å². The normalized spacial score (nSPS) is 9.88. The van der Waals surface area contributed by atoms with Gasteiger partial charge < -0.3 is 15.4 Å². The number of anilines is 1. The lowest BCUT2D eigenvalue weighted by Gasteiger charge is -2.08. The summed E-state index contributed by atoms with van der Waals surface area (Å²) < 4.78 is 18.1. The Kier molecular flexibility index (Phi) is 6.08. The van der Waals surface area contributed by atoms with Crippen LogP contribution in [-0.2, 0) is 16.1 Å². The average Bonchev–Trinajstić information content (AvgIpc) is 2.60. The predicted octanol–water partition coefficient (Wildman–Crippen LogP) is 2.65. The van der Waals surface area contributed by atoms with E-state index in [1.807, 2.05) is 0 Å². The van der Waals surface area contributed by atoms with Gasteiger partial charge in [-0.3, -0.25) is 9.59 Å². The zero-order chi connectivity index (χ0) is 17.4. The van der Waals surface area contributed by atoms with Crippen LogP contribution in [0.4, 0.5) is 10.1 Å². The lowest BCUT2D eigenvalue weighted by atomic mass is 10.2. The number of carbonyl (C=O) groups is 2. The summed E-state index contributed by atoms with van der Waals surface area (Å²) in [5.74, 6) is -1.28. The molecule has 0 unspecified atom stereocenters. The Morgan fingerprint density at radius 2 is 1.71 bits per heavy atom. The minimum absolute atomic E-state index is 0.140. The summed E-state index contributed by atoms with van der Waals surface area (Å²) in [7, 11) is 0. The molecule has 24 heavy (non-hydrogen) atoms. The maximum atomic E-state index is 12.8. The number of rotatable bonds is 6. The van der Waals surface area contributed by atoms with E-state index in [4.69, 9.17) is 4.74 Å². The van der Waals surface area contributed by atoms with Gasteiger partial charge in [-0.25, -0.2) is 4.39 Å². The Hall–Kier alpha value is -3.15. The van der Waals surface area contributed by atoms with Crippen LogP contribution in [0.25, 0.3) is 0 Å². The molecule has 5 nitrogen and oxygen atoms in total. The van der Waals surface area contributed by atoms with Gasteiger partial charge in [0.15, 0.2) is 0 Å². The van der Waals surface area contributed by atoms with Gasteiger partial charge in [0, 0.05) is 12.2 Å². The maximum absolute atomic E-state index is 12.8. The fourth-order valence-corrected chi connectivity index (χ4v) is 1.84. The molecule has 0 fully saturated rings. The van der Waals surface area contributed by atoms with E-state index in [0.717, 1.165) is 0 Å². The second kappa shape index (κ2) is 8.47. The molecule has 0 bridgehead atoms. The summed E-state index contributed by atoms with van der Waals surface area (Å²) >= 11 is 0. The maximum Gasteiger partial charge on any atom is 0.313 e. The molecular formula is C18H17FN2O3. The highest BCUT2D eigenvalue weighted by Crippen LogP contribution is 2.15. The number of ether oxygens (including phenoxy) is 1. The van der Waals surface area contributed by atoms with Crippen molar-refractivity contribution < 1.29 is 18.7 Å². The summed E-state index contributed by atoms with van der Waals surface area (Å²) in [4.78, 5) is 23.6. The van der Waals surface area contributed by atoms with Gasteiger partial charge in [-0.15, -0.1) is 0 Å². The molecule has 0 aromatic heterocycles. The molecule has 6 heteroatoms. The molecule has 2 amide bonds. The molecule has 0 radical (unpaired) electrons. The van der Waals surface area contributed by atoms with Gasteiger partial charge >= 0.3 is 11.8 Å². The largest absolute Gasteiger partial charge is 0.490 e. The molecule has 2 aromatic carbocycles. The van der Waals surface area contributed by atoms with Crippen molar-refractivity contribution in [1.29, 1.82) is 0 Å². The highest BCUT2D eigenvalue weighted by molar-refractivity contribution is 6.39. The molecular weight excluding hydrogens is 311 g/mol. The van der Waals surface area contributed by atoms with Gasteiger partial charge in [-0.05, 0) is 42.0 Å². The first kappa shape index (κ1) is 17.2. The van der Waals surface area contributed by atoms with Crippen molar-refractivity contribution in [1.82, 2.24) is 5.32 Å². The number of nitrogens with one attached hydrogen (secondary N) is 2. The monoisotopic (exact) mass is 328 g/mol. The fourth-order valence-electron chi connectivity index (χ4n) is 1.84. The first-order chi connectivity index (χ1) is 11.6. The van der Waals surface area contributed by atoms with Crippen LogP contribution < -0.4 is 15.4 Å². The lowest BCUT2D eigenvalue weighted by molar-refractivity contribution is -0.136. The highest BCUT2D eigenvalue weighted by Gasteiger charge is 2.13. The summed E-state index contributed by atoms with van der Waals surface area (Å²) in [5, 5.41) is 4.95. The summed E-state index contributed by atoms with van der Waals surface area (Å²) in [6, 6.07) is 12.3. The van der Waals surface area contributed by atoms with Gasteiger partial charge in [0.25, 0.3) is 0 Å². The zero-order valence-electron chi connectivity index (χ0n) is 12.9. The quantitative estimate of drug-likeness (QED) is 0.633. The third-order valence-corrected chi connectivity index (χ3v) is 3.05. The molecule has 0 heterocycles. The Balaban J connectivity index is 1.83. The van der Waals surface area contributed by atoms with Crippen molar-refractivity contribution in [2.24, 2.45) is 0 Å². The van der Waals surface area contributed by atoms with E-state index in [0.29, 0.717) is 23.6 Å². The minimum atomic E-state index is -0.781. The summed E-state index contributed by atoms with van der Waals surface area (Å²) in [6.45, 7) is 4.08. The lowest BCUT2D eigenvalue weighted by Crippen LogP contribution is -2.34. The third kappa shape index (κ3) is 5.24. The Labute approximate surface area is 139 Å². The molecule has 0 atom stereocenters. The topological polar surface area (TPSA) is 67.4 Å². The Morgan fingerprint density at radius 1 is 1.04 bits per heavy atom. The molecule has 2 N–H and O–H groups in total. The second-order valence-corrected chi connectivity index (χ2v) is 4.89. The molecule has 0 aliphatic heterocycles. The van der Waals surface area contributed by atoms with E-state index >= 15 is 0 Å². The smallest absolute Gasteiger partial charge is 0.313 e. The SMILES string of the molecule is C=CCOc1ccc(NC(=O)C(=O)NCc2ccc(F)cc2)cc1. The van der Waals surface area contributed by atoms with Crippen molar-refractivity contribution in [3.05, 3.63) is 72.6 Å². The van der Waals surface area contributed by atoms with E-state index in [2.05, 4.69) is 17.2 Å². The van der Waals surface area contributed by atoms with E-state index in [9.17, 15) is 14.0 Å². The van der Waals surface area contributed by atoms with Gasteiger partial charge in [0.05, 0.1) is 0 Å². The Bertz CT molecular complexity index is 712. The fraction of sp³-hybridized carbons (Fsp3) is 0.111. The molecule has 2 rings (SSSR count). The first-order valence-electron chi connectivity index (χ1n) is 7.26. The summed E-state index contributed by atoms with van der Waals surface area (Å²) in [5.41, 5.74) is 1.17. The molecule has 0 aliphatic carbocycles. The molecule has 0 saturated carbocycles. The van der Waals surface area contributed by atoms with Gasteiger partial charge in [0.2, 0.25) is 0 Å². The van der Waals surface area contributed by atoms with E-state index in [1.165, 1.54) is 24.3 Å². The van der Waals surface area contributed by atoms with Crippen molar-refractivity contribution >= 4 is 17.5 Å². The second-order valence-electron chi connectivity index (χ2n) is 4.89. The van der Waals surface area contributed by atoms with E-state index < -0.39 is 11.8 Å². The molecule has 2 aromatic rings. The van der Waals surface area contributed by atoms with Crippen LogP contribution in [0.5, 0.6) is 5.75 Å². The average molecular weight is 328 g/mol. The Morgan fingerprint density at radius 3 is 2.33 bits per heavy atom. The molecule has 0 saturated heterocycles. The molecule has 0 spiro atoms. The van der Waals surface area contributed by atoms with Gasteiger partial charge in [-0.2, -0.15) is 0 Å².